The lowest BCUT2D eigenvalue weighted by Gasteiger charge is -2.00. The second kappa shape index (κ2) is 5.49. The van der Waals surface area contributed by atoms with Crippen molar-refractivity contribution in [3.05, 3.63) is 61.1 Å². The van der Waals surface area contributed by atoms with Crippen molar-refractivity contribution in [2.24, 2.45) is 0 Å². The normalized spacial score (nSPS) is 10.9. The molecule has 0 bridgehead atoms. The number of hydrogen-bond donors (Lipinski definition) is 2. The molecule has 0 fully saturated rings. The molecule has 2 rings (SSSR count). The minimum Gasteiger partial charge on any atom is -0.478 e. The van der Waals surface area contributed by atoms with E-state index in [0.717, 1.165) is 16.5 Å². The average Bonchev–Trinajstić information content (AvgIpc) is 2.78. The molecule has 98 valence electrons. The van der Waals surface area contributed by atoms with E-state index in [1.807, 2.05) is 0 Å². The molecule has 0 saturated heterocycles. The Morgan fingerprint density at radius 3 is 2.95 bits per heavy atom. The number of carboxylic acids is 1. The van der Waals surface area contributed by atoms with E-state index in [4.69, 9.17) is 5.11 Å². The van der Waals surface area contributed by atoms with Crippen molar-refractivity contribution in [2.45, 2.75) is 6.54 Å². The summed E-state index contributed by atoms with van der Waals surface area (Å²) in [5.74, 6) is -1.01. The summed E-state index contributed by atoms with van der Waals surface area (Å²) < 4.78 is 1.37. The second-order valence-corrected chi connectivity index (χ2v) is 4.75. The molecule has 6 nitrogen and oxygen atoms in total. The van der Waals surface area contributed by atoms with E-state index in [0.29, 0.717) is 6.54 Å². The Labute approximate surface area is 111 Å². The Hall–Kier alpha value is -2.41. The smallest absolute Gasteiger partial charge is 0.328 e. The fourth-order valence-electron chi connectivity index (χ4n) is 1.47. The predicted molar refractivity (Wildman–Crippen MR) is 71.4 cm³/mol. The van der Waals surface area contributed by atoms with Gasteiger partial charge >= 0.3 is 11.7 Å². The van der Waals surface area contributed by atoms with Crippen LogP contribution in [-0.4, -0.2) is 20.6 Å². The highest BCUT2D eigenvalue weighted by molar-refractivity contribution is 7.10. The maximum Gasteiger partial charge on any atom is 0.328 e. The summed E-state index contributed by atoms with van der Waals surface area (Å²) in [6.45, 7) is 0.335. The van der Waals surface area contributed by atoms with Crippen LogP contribution in [0.4, 0.5) is 0 Å². The molecule has 0 atom stereocenters. The van der Waals surface area contributed by atoms with E-state index < -0.39 is 17.2 Å². The largest absolute Gasteiger partial charge is 0.478 e. The van der Waals surface area contributed by atoms with Crippen LogP contribution in [0, 0.1) is 0 Å². The van der Waals surface area contributed by atoms with Gasteiger partial charge in [0.25, 0.3) is 5.56 Å². The molecule has 0 spiro atoms. The minimum atomic E-state index is -1.01. The first kappa shape index (κ1) is 13.0. The maximum absolute atomic E-state index is 11.5. The number of nitrogens with zero attached hydrogens (tertiary/aromatic N) is 1. The van der Waals surface area contributed by atoms with E-state index in [-0.39, 0.29) is 0 Å². The fraction of sp³-hybridized carbons (Fsp3) is 0.0833. The van der Waals surface area contributed by atoms with Crippen LogP contribution in [0.3, 0.4) is 0 Å². The quantitative estimate of drug-likeness (QED) is 0.807. The molecule has 0 aromatic carbocycles. The Morgan fingerprint density at radius 1 is 1.47 bits per heavy atom. The highest BCUT2D eigenvalue weighted by Gasteiger charge is 2.01. The molecule has 2 heterocycles. The van der Waals surface area contributed by atoms with Gasteiger partial charge in [-0.1, -0.05) is 0 Å². The maximum atomic E-state index is 11.5. The molecule has 0 amide bonds. The van der Waals surface area contributed by atoms with Crippen molar-refractivity contribution in [1.82, 2.24) is 9.55 Å². The number of H-pyrrole nitrogens is 1. The van der Waals surface area contributed by atoms with E-state index in [1.54, 1.807) is 11.4 Å². The van der Waals surface area contributed by atoms with Gasteiger partial charge in [-0.3, -0.25) is 14.3 Å². The van der Waals surface area contributed by atoms with Crippen LogP contribution < -0.4 is 11.2 Å². The van der Waals surface area contributed by atoms with Gasteiger partial charge in [-0.2, -0.15) is 0 Å². The number of aromatic nitrogens is 2. The lowest BCUT2D eigenvalue weighted by atomic mass is 10.3. The molecule has 0 radical (unpaired) electrons. The van der Waals surface area contributed by atoms with Crippen molar-refractivity contribution in [3.63, 3.8) is 0 Å². The summed E-state index contributed by atoms with van der Waals surface area (Å²) in [5, 5.41) is 10.3. The van der Waals surface area contributed by atoms with Crippen molar-refractivity contribution < 1.29 is 9.90 Å². The summed E-state index contributed by atoms with van der Waals surface area (Å²) >= 11 is 1.41. The topological polar surface area (TPSA) is 92.2 Å². The van der Waals surface area contributed by atoms with Crippen LogP contribution in [0.1, 0.15) is 10.4 Å². The fourth-order valence-corrected chi connectivity index (χ4v) is 2.32. The van der Waals surface area contributed by atoms with Gasteiger partial charge in [-0.05, 0) is 23.1 Å². The Kier molecular flexibility index (Phi) is 3.76. The summed E-state index contributed by atoms with van der Waals surface area (Å²) in [4.78, 5) is 35.8. The number of thiophene rings is 1. The van der Waals surface area contributed by atoms with Crippen LogP contribution in [0.15, 0.2) is 39.4 Å². The van der Waals surface area contributed by atoms with Crippen LogP contribution in [0.2, 0.25) is 0 Å². The molecule has 2 aromatic rings. The van der Waals surface area contributed by atoms with Crippen molar-refractivity contribution in [1.29, 1.82) is 0 Å². The molecule has 19 heavy (non-hydrogen) atoms. The third-order valence-corrected chi connectivity index (χ3v) is 3.26. The van der Waals surface area contributed by atoms with E-state index in [9.17, 15) is 14.4 Å². The summed E-state index contributed by atoms with van der Waals surface area (Å²) in [6.07, 6.45) is 3.96. The number of aliphatic carboxylic acids is 1. The molecular weight excluding hydrogens is 268 g/mol. The molecule has 0 aliphatic rings. The third kappa shape index (κ3) is 3.52. The first-order valence-electron chi connectivity index (χ1n) is 5.33. The first-order valence-corrected chi connectivity index (χ1v) is 6.21. The average molecular weight is 278 g/mol. The summed E-state index contributed by atoms with van der Waals surface area (Å²) in [7, 11) is 0. The number of nitrogens with one attached hydrogen (secondary N) is 1. The van der Waals surface area contributed by atoms with Crippen molar-refractivity contribution in [2.75, 3.05) is 0 Å². The first-order chi connectivity index (χ1) is 9.04. The lowest BCUT2D eigenvalue weighted by Crippen LogP contribution is -2.28. The highest BCUT2D eigenvalue weighted by atomic mass is 32.1. The number of carboxylic acid groups (broad SMARTS) is 1. The molecule has 0 saturated carbocycles. The molecule has 0 aliphatic carbocycles. The predicted octanol–water partition coefficient (Wildman–Crippen LogP) is 0.744. The van der Waals surface area contributed by atoms with Gasteiger partial charge < -0.3 is 5.11 Å². The zero-order chi connectivity index (χ0) is 13.8. The van der Waals surface area contributed by atoms with Gasteiger partial charge in [0, 0.05) is 23.2 Å². The zero-order valence-electron chi connectivity index (χ0n) is 9.70. The van der Waals surface area contributed by atoms with Gasteiger partial charge in [-0.25, -0.2) is 9.59 Å². The molecule has 2 N–H and O–H groups in total. The summed E-state index contributed by atoms with van der Waals surface area (Å²) in [5.41, 5.74) is -0.138. The number of hydrogen-bond acceptors (Lipinski definition) is 4. The Morgan fingerprint density at radius 2 is 2.26 bits per heavy atom. The van der Waals surface area contributed by atoms with Crippen LogP contribution in [0.25, 0.3) is 6.08 Å². The van der Waals surface area contributed by atoms with E-state index in [2.05, 4.69) is 4.98 Å². The Bertz CT molecular complexity index is 738. The SMILES string of the molecule is O=C(O)C=Cc1csc(Cn2ccc(=O)[nH]c2=O)c1. The van der Waals surface area contributed by atoms with E-state index >= 15 is 0 Å². The summed E-state index contributed by atoms with van der Waals surface area (Å²) in [6, 6.07) is 3.07. The van der Waals surface area contributed by atoms with Crippen LogP contribution in [0.5, 0.6) is 0 Å². The molecule has 0 unspecified atom stereocenters. The standard InChI is InChI=1S/C12H10N2O4S/c15-10-3-4-14(12(18)13-10)6-9-5-8(7-19-9)1-2-11(16)17/h1-5,7H,6H2,(H,16,17)(H,13,15,18). The van der Waals surface area contributed by atoms with Crippen LogP contribution >= 0.6 is 11.3 Å². The van der Waals surface area contributed by atoms with Crippen LogP contribution in [-0.2, 0) is 11.3 Å². The monoisotopic (exact) mass is 278 g/mol. The number of aromatic amines is 1. The minimum absolute atomic E-state index is 0.335. The number of rotatable bonds is 4. The number of carbonyl (C=O) groups is 1. The van der Waals surface area contributed by atoms with Gasteiger partial charge in [0.2, 0.25) is 0 Å². The van der Waals surface area contributed by atoms with Gasteiger partial charge in [0.1, 0.15) is 0 Å². The highest BCUT2D eigenvalue weighted by Crippen LogP contribution is 2.16. The van der Waals surface area contributed by atoms with Gasteiger partial charge in [0.05, 0.1) is 6.54 Å². The van der Waals surface area contributed by atoms with Gasteiger partial charge in [-0.15, -0.1) is 11.3 Å². The van der Waals surface area contributed by atoms with Gasteiger partial charge in [0.15, 0.2) is 0 Å². The third-order valence-electron chi connectivity index (χ3n) is 2.32. The van der Waals surface area contributed by atoms with E-state index in [1.165, 1.54) is 34.2 Å². The second-order valence-electron chi connectivity index (χ2n) is 3.76. The molecular formula is C12H10N2O4S. The van der Waals surface area contributed by atoms with Crippen molar-refractivity contribution >= 4 is 23.4 Å². The Balaban J connectivity index is 2.18. The molecule has 7 heteroatoms. The zero-order valence-corrected chi connectivity index (χ0v) is 10.5. The molecule has 2 aromatic heterocycles. The molecule has 0 aliphatic heterocycles. The lowest BCUT2D eigenvalue weighted by molar-refractivity contribution is -0.131. The van der Waals surface area contributed by atoms with Crippen molar-refractivity contribution in [3.8, 4) is 0 Å².